The van der Waals surface area contributed by atoms with Crippen molar-refractivity contribution in [3.05, 3.63) is 82.3 Å². The Morgan fingerprint density at radius 3 is 2.32 bits per heavy atom. The van der Waals surface area contributed by atoms with Crippen molar-refractivity contribution in [3.8, 4) is 17.2 Å². The van der Waals surface area contributed by atoms with Crippen LogP contribution in [0, 0.1) is 13.8 Å². The van der Waals surface area contributed by atoms with Crippen LogP contribution in [0.25, 0.3) is 6.08 Å². The number of rotatable bonds is 10. The smallest absolute Gasteiger partial charge is 0.294 e. The number of nitrogens with one attached hydrogen (secondary N) is 2. The number of para-hydroxylation sites is 2. The molecule has 41 heavy (non-hydrogen) atoms. The van der Waals surface area contributed by atoms with Crippen LogP contribution in [-0.2, 0) is 14.4 Å². The number of ether oxygens (including phenoxy) is 3. The summed E-state index contributed by atoms with van der Waals surface area (Å²) in [6.07, 6.45) is 1.54. The van der Waals surface area contributed by atoms with Crippen molar-refractivity contribution in [1.82, 2.24) is 4.90 Å². The van der Waals surface area contributed by atoms with Gasteiger partial charge in [-0.2, -0.15) is 0 Å². The molecule has 0 radical (unpaired) electrons. The number of carbonyl (C=O) groups excluding carboxylic acids is 4. The van der Waals surface area contributed by atoms with Gasteiger partial charge in [0.25, 0.3) is 17.1 Å². The fourth-order valence-electron chi connectivity index (χ4n) is 4.05. The molecular formula is C30H29N3O7S. The Balaban J connectivity index is 1.39. The third kappa shape index (κ3) is 7.25. The Kier molecular flexibility index (Phi) is 9.30. The highest BCUT2D eigenvalue weighted by molar-refractivity contribution is 8.18. The summed E-state index contributed by atoms with van der Waals surface area (Å²) in [7, 11) is 2.96. The number of imide groups is 1. The number of nitrogens with zero attached hydrogens (tertiary/aromatic N) is 1. The van der Waals surface area contributed by atoms with Crippen LogP contribution in [0.3, 0.4) is 0 Å². The maximum absolute atomic E-state index is 12.9. The Bertz CT molecular complexity index is 1540. The zero-order valence-electron chi connectivity index (χ0n) is 23.0. The summed E-state index contributed by atoms with van der Waals surface area (Å²) in [5.41, 5.74) is 3.64. The predicted octanol–water partition coefficient (Wildman–Crippen LogP) is 5.01. The van der Waals surface area contributed by atoms with Gasteiger partial charge in [-0.1, -0.05) is 35.9 Å². The molecule has 0 atom stereocenters. The molecule has 0 aliphatic carbocycles. The number of hydrogen-bond donors (Lipinski definition) is 2. The lowest BCUT2D eigenvalue weighted by Gasteiger charge is -2.14. The van der Waals surface area contributed by atoms with Crippen molar-refractivity contribution in [2.75, 3.05) is 38.0 Å². The van der Waals surface area contributed by atoms with Gasteiger partial charge in [0.2, 0.25) is 5.91 Å². The first kappa shape index (κ1) is 29.2. The molecule has 0 aromatic heterocycles. The minimum Gasteiger partial charge on any atom is -0.495 e. The van der Waals surface area contributed by atoms with E-state index in [2.05, 4.69) is 10.6 Å². The normalized spacial score (nSPS) is 13.8. The summed E-state index contributed by atoms with van der Waals surface area (Å²) in [4.78, 5) is 51.5. The van der Waals surface area contributed by atoms with Crippen molar-refractivity contribution in [2.45, 2.75) is 13.8 Å². The molecule has 0 spiro atoms. The first-order chi connectivity index (χ1) is 19.7. The summed E-state index contributed by atoms with van der Waals surface area (Å²) >= 11 is 0.749. The molecular weight excluding hydrogens is 546 g/mol. The lowest BCUT2D eigenvalue weighted by atomic mass is 10.1. The average Bonchev–Trinajstić information content (AvgIpc) is 3.21. The van der Waals surface area contributed by atoms with E-state index < -0.39 is 29.5 Å². The molecule has 0 saturated carbocycles. The summed E-state index contributed by atoms with van der Waals surface area (Å²) < 4.78 is 16.3. The van der Waals surface area contributed by atoms with Crippen LogP contribution < -0.4 is 24.8 Å². The minimum atomic E-state index is -0.567. The second-order valence-corrected chi connectivity index (χ2v) is 10.1. The Hall–Kier alpha value is -4.77. The SMILES string of the molecule is COc1ccccc1NC(=O)COc1ccc(/C=C2\SC(=O)N(CC(=O)Nc3ccc(C)cc3C)C2=O)cc1OC. The highest BCUT2D eigenvalue weighted by atomic mass is 32.2. The highest BCUT2D eigenvalue weighted by Crippen LogP contribution is 2.34. The first-order valence-electron chi connectivity index (χ1n) is 12.5. The topological polar surface area (TPSA) is 123 Å². The molecule has 2 N–H and O–H groups in total. The van der Waals surface area contributed by atoms with Gasteiger partial charge in [-0.3, -0.25) is 24.1 Å². The molecule has 0 unspecified atom stereocenters. The van der Waals surface area contributed by atoms with Crippen LogP contribution in [0.15, 0.2) is 65.6 Å². The summed E-state index contributed by atoms with van der Waals surface area (Å²) in [6, 6.07) is 17.5. The molecule has 4 rings (SSSR count). The van der Waals surface area contributed by atoms with E-state index in [-0.39, 0.29) is 11.5 Å². The van der Waals surface area contributed by atoms with E-state index >= 15 is 0 Å². The van der Waals surface area contributed by atoms with Gasteiger partial charge in [-0.05, 0) is 73.1 Å². The van der Waals surface area contributed by atoms with Gasteiger partial charge in [-0.15, -0.1) is 0 Å². The third-order valence-corrected chi connectivity index (χ3v) is 6.96. The van der Waals surface area contributed by atoms with Crippen molar-refractivity contribution in [2.24, 2.45) is 0 Å². The second-order valence-electron chi connectivity index (χ2n) is 9.08. The van der Waals surface area contributed by atoms with Crippen LogP contribution in [-0.4, -0.2) is 55.2 Å². The van der Waals surface area contributed by atoms with E-state index in [0.29, 0.717) is 34.2 Å². The van der Waals surface area contributed by atoms with Crippen molar-refractivity contribution in [3.63, 3.8) is 0 Å². The molecule has 0 bridgehead atoms. The number of carbonyl (C=O) groups is 4. The van der Waals surface area contributed by atoms with E-state index in [0.717, 1.165) is 27.8 Å². The van der Waals surface area contributed by atoms with Gasteiger partial charge in [0.05, 0.1) is 24.8 Å². The van der Waals surface area contributed by atoms with Gasteiger partial charge in [0.15, 0.2) is 18.1 Å². The number of benzene rings is 3. The minimum absolute atomic E-state index is 0.168. The maximum atomic E-state index is 12.9. The number of amides is 4. The van der Waals surface area contributed by atoms with Crippen molar-refractivity contribution in [1.29, 1.82) is 0 Å². The van der Waals surface area contributed by atoms with Crippen LogP contribution in [0.1, 0.15) is 16.7 Å². The third-order valence-electron chi connectivity index (χ3n) is 6.06. The number of methoxy groups -OCH3 is 2. The quantitative estimate of drug-likeness (QED) is 0.324. The van der Waals surface area contributed by atoms with Crippen LogP contribution in [0.2, 0.25) is 0 Å². The number of hydrogen-bond acceptors (Lipinski definition) is 8. The molecule has 10 nitrogen and oxygen atoms in total. The number of thioether (sulfide) groups is 1. The van der Waals surface area contributed by atoms with E-state index in [1.165, 1.54) is 20.3 Å². The van der Waals surface area contributed by atoms with E-state index in [1.807, 2.05) is 26.0 Å². The van der Waals surface area contributed by atoms with Crippen molar-refractivity contribution < 1.29 is 33.4 Å². The van der Waals surface area contributed by atoms with Gasteiger partial charge >= 0.3 is 0 Å². The summed E-state index contributed by atoms with van der Waals surface area (Å²) in [6.45, 7) is 3.14. The van der Waals surface area contributed by atoms with Gasteiger partial charge < -0.3 is 24.8 Å². The molecule has 212 valence electrons. The summed E-state index contributed by atoms with van der Waals surface area (Å²) in [5, 5.41) is 4.94. The number of aryl methyl sites for hydroxylation is 2. The molecule has 3 aromatic rings. The molecule has 1 aliphatic rings. The highest BCUT2D eigenvalue weighted by Gasteiger charge is 2.36. The molecule has 1 fully saturated rings. The van der Waals surface area contributed by atoms with Gasteiger partial charge in [0.1, 0.15) is 12.3 Å². The van der Waals surface area contributed by atoms with E-state index in [4.69, 9.17) is 14.2 Å². The number of anilines is 2. The Morgan fingerprint density at radius 2 is 1.59 bits per heavy atom. The van der Waals surface area contributed by atoms with Crippen LogP contribution in [0.5, 0.6) is 17.2 Å². The monoisotopic (exact) mass is 575 g/mol. The van der Waals surface area contributed by atoms with E-state index in [9.17, 15) is 19.2 Å². The molecule has 1 saturated heterocycles. The standard InChI is InChI=1S/C30H29N3O7S/c1-18-9-11-21(19(2)13-18)31-27(34)16-33-29(36)26(41-30(33)37)15-20-10-12-24(25(14-20)39-4)40-17-28(35)32-22-7-5-6-8-23(22)38-3/h5-15H,16-17H2,1-4H3,(H,31,34)(H,32,35)/b26-15-. The Morgan fingerprint density at radius 1 is 0.854 bits per heavy atom. The fourth-order valence-corrected chi connectivity index (χ4v) is 4.88. The van der Waals surface area contributed by atoms with Crippen LogP contribution in [0.4, 0.5) is 16.2 Å². The fraction of sp³-hybridized carbons (Fsp3) is 0.200. The predicted molar refractivity (Wildman–Crippen MR) is 157 cm³/mol. The van der Waals surface area contributed by atoms with Gasteiger partial charge in [-0.25, -0.2) is 0 Å². The second kappa shape index (κ2) is 13.1. The molecule has 1 aliphatic heterocycles. The van der Waals surface area contributed by atoms with Gasteiger partial charge in [0, 0.05) is 5.69 Å². The summed E-state index contributed by atoms with van der Waals surface area (Å²) in [5.74, 6) is -0.265. The average molecular weight is 576 g/mol. The molecule has 11 heteroatoms. The largest absolute Gasteiger partial charge is 0.495 e. The lowest BCUT2D eigenvalue weighted by Crippen LogP contribution is -2.36. The first-order valence-corrected chi connectivity index (χ1v) is 13.4. The molecule has 4 amide bonds. The van der Waals surface area contributed by atoms with E-state index in [1.54, 1.807) is 48.5 Å². The van der Waals surface area contributed by atoms with Crippen LogP contribution >= 0.6 is 11.8 Å². The maximum Gasteiger partial charge on any atom is 0.294 e. The molecule has 1 heterocycles. The van der Waals surface area contributed by atoms with Crippen molar-refractivity contribution >= 4 is 52.2 Å². The Labute approximate surface area is 241 Å². The zero-order chi connectivity index (χ0) is 29.5. The lowest BCUT2D eigenvalue weighted by molar-refractivity contribution is -0.127. The molecule has 3 aromatic carbocycles. The zero-order valence-corrected chi connectivity index (χ0v) is 23.8.